The lowest BCUT2D eigenvalue weighted by Crippen LogP contribution is -2.49. The van der Waals surface area contributed by atoms with Gasteiger partial charge in [-0.25, -0.2) is 4.85 Å². The number of fused-ring (bicyclic) bond motifs is 1. The lowest BCUT2D eigenvalue weighted by atomic mass is 9.97. The van der Waals surface area contributed by atoms with Crippen molar-refractivity contribution < 1.29 is 8.42 Å². The van der Waals surface area contributed by atoms with Gasteiger partial charge in [0.1, 0.15) is 0 Å². The van der Waals surface area contributed by atoms with Crippen molar-refractivity contribution in [1.29, 1.82) is 0 Å². The van der Waals surface area contributed by atoms with Crippen molar-refractivity contribution in [3.8, 4) is 0 Å². The molecule has 4 rings (SSSR count). The molecule has 0 aromatic heterocycles. The van der Waals surface area contributed by atoms with Crippen LogP contribution in [0.3, 0.4) is 0 Å². The van der Waals surface area contributed by atoms with Crippen molar-refractivity contribution >= 4 is 27.3 Å². The Morgan fingerprint density at radius 3 is 2.40 bits per heavy atom. The number of benzene rings is 3. The average Bonchev–Trinajstić information content (AvgIpc) is 2.74. The first-order valence-electron chi connectivity index (χ1n) is 9.67. The van der Waals surface area contributed by atoms with E-state index >= 15 is 0 Å². The summed E-state index contributed by atoms with van der Waals surface area (Å²) in [6.45, 7) is 8.50. The van der Waals surface area contributed by atoms with Crippen LogP contribution in [0.4, 0.5) is 17.1 Å². The number of para-hydroxylation sites is 1. The van der Waals surface area contributed by atoms with Crippen molar-refractivity contribution in [2.45, 2.75) is 19.0 Å². The fraction of sp³-hybridized carbons (Fsp3) is 0.174. The smallest absolute Gasteiger partial charge is 0.299 e. The van der Waals surface area contributed by atoms with Crippen molar-refractivity contribution in [3.63, 3.8) is 0 Å². The molecule has 1 atom stereocenters. The SMILES string of the molecule is [C-]#[N+]c1ccc2c(c1)CC(NS(=O)(=O)Nc1ccccc1)CN2Cc1ccccc1. The maximum absolute atomic E-state index is 12.7. The molecular formula is C23H22N4O2S. The lowest BCUT2D eigenvalue weighted by molar-refractivity contribution is 0.528. The molecule has 152 valence electrons. The van der Waals surface area contributed by atoms with Gasteiger partial charge in [0.2, 0.25) is 0 Å². The van der Waals surface area contributed by atoms with Gasteiger partial charge in [0.15, 0.2) is 5.69 Å². The summed E-state index contributed by atoms with van der Waals surface area (Å²) in [4.78, 5) is 5.69. The van der Waals surface area contributed by atoms with Crippen LogP contribution < -0.4 is 14.3 Å². The van der Waals surface area contributed by atoms with Gasteiger partial charge >= 0.3 is 0 Å². The minimum absolute atomic E-state index is 0.316. The third-order valence-corrected chi connectivity index (χ3v) is 6.15. The highest BCUT2D eigenvalue weighted by Crippen LogP contribution is 2.32. The Bertz CT molecular complexity index is 1160. The molecule has 0 radical (unpaired) electrons. The van der Waals surface area contributed by atoms with Gasteiger partial charge in [-0.3, -0.25) is 4.72 Å². The molecule has 6 nitrogen and oxygen atoms in total. The van der Waals surface area contributed by atoms with E-state index in [1.54, 1.807) is 24.3 Å². The summed E-state index contributed by atoms with van der Waals surface area (Å²) < 4.78 is 30.7. The Kier molecular flexibility index (Phi) is 5.70. The predicted octanol–water partition coefficient (Wildman–Crippen LogP) is 4.12. The topological polar surface area (TPSA) is 65.8 Å². The minimum atomic E-state index is -3.74. The van der Waals surface area contributed by atoms with Gasteiger partial charge in [-0.1, -0.05) is 60.7 Å². The highest BCUT2D eigenvalue weighted by atomic mass is 32.2. The predicted molar refractivity (Wildman–Crippen MR) is 120 cm³/mol. The molecule has 0 saturated carbocycles. The van der Waals surface area contributed by atoms with Crippen molar-refractivity contribution in [2.24, 2.45) is 0 Å². The molecule has 1 aliphatic heterocycles. The van der Waals surface area contributed by atoms with Gasteiger partial charge in [-0.15, -0.1) is 0 Å². The number of nitrogens with one attached hydrogen (secondary N) is 2. The highest BCUT2D eigenvalue weighted by molar-refractivity contribution is 7.90. The third kappa shape index (κ3) is 4.79. The quantitative estimate of drug-likeness (QED) is 0.592. The monoisotopic (exact) mass is 418 g/mol. The van der Waals surface area contributed by atoms with E-state index in [9.17, 15) is 8.42 Å². The fourth-order valence-electron chi connectivity index (χ4n) is 3.75. The molecule has 0 bridgehead atoms. The molecule has 0 fully saturated rings. The molecule has 0 saturated heterocycles. The second-order valence-electron chi connectivity index (χ2n) is 7.28. The normalized spacial score (nSPS) is 15.8. The van der Waals surface area contributed by atoms with E-state index in [1.165, 1.54) is 0 Å². The van der Waals surface area contributed by atoms with Gasteiger partial charge in [0, 0.05) is 30.5 Å². The van der Waals surface area contributed by atoms with E-state index in [0.29, 0.717) is 30.9 Å². The molecule has 0 amide bonds. The zero-order valence-electron chi connectivity index (χ0n) is 16.3. The first kappa shape index (κ1) is 20.0. The lowest BCUT2D eigenvalue weighted by Gasteiger charge is -2.36. The van der Waals surface area contributed by atoms with Crippen molar-refractivity contribution in [2.75, 3.05) is 16.2 Å². The Labute approximate surface area is 177 Å². The first-order valence-corrected chi connectivity index (χ1v) is 11.1. The molecule has 1 heterocycles. The Morgan fingerprint density at radius 1 is 1.00 bits per heavy atom. The Hall–Kier alpha value is -3.34. The van der Waals surface area contributed by atoms with E-state index in [0.717, 1.165) is 16.8 Å². The molecule has 30 heavy (non-hydrogen) atoms. The molecule has 2 N–H and O–H groups in total. The standard InChI is InChI=1S/C23H22N4O2S/c1-24-21-12-13-23-19(14-21)15-22(17-27(23)16-18-8-4-2-5-9-18)26-30(28,29)25-20-10-6-3-7-11-20/h2-14,22,25-26H,15-17H2. The first-order chi connectivity index (χ1) is 14.5. The second kappa shape index (κ2) is 8.57. The van der Waals surface area contributed by atoms with Crippen LogP contribution in [0.25, 0.3) is 4.85 Å². The summed E-state index contributed by atoms with van der Waals surface area (Å²) >= 11 is 0. The molecule has 1 unspecified atom stereocenters. The van der Waals surface area contributed by atoms with E-state index in [4.69, 9.17) is 6.57 Å². The largest absolute Gasteiger partial charge is 0.365 e. The third-order valence-electron chi connectivity index (χ3n) is 5.00. The summed E-state index contributed by atoms with van der Waals surface area (Å²) in [5.74, 6) is 0. The number of anilines is 2. The van der Waals surface area contributed by atoms with Gasteiger partial charge in [0.05, 0.1) is 6.57 Å². The van der Waals surface area contributed by atoms with Crippen LogP contribution in [0.5, 0.6) is 0 Å². The van der Waals surface area contributed by atoms with Crippen LogP contribution in [0, 0.1) is 6.57 Å². The van der Waals surface area contributed by atoms with Crippen LogP contribution in [0.1, 0.15) is 11.1 Å². The number of hydrogen-bond donors (Lipinski definition) is 2. The van der Waals surface area contributed by atoms with Crippen LogP contribution >= 0.6 is 0 Å². The molecule has 3 aromatic rings. The van der Waals surface area contributed by atoms with Gasteiger partial charge < -0.3 is 4.90 Å². The molecule has 7 heteroatoms. The Morgan fingerprint density at radius 2 is 1.70 bits per heavy atom. The second-order valence-corrected chi connectivity index (χ2v) is 8.73. The maximum Gasteiger partial charge on any atom is 0.299 e. The van der Waals surface area contributed by atoms with E-state index < -0.39 is 10.2 Å². The summed E-state index contributed by atoms with van der Waals surface area (Å²) in [6, 6.07) is 24.2. The van der Waals surface area contributed by atoms with Crippen LogP contribution in [-0.4, -0.2) is 21.0 Å². The maximum atomic E-state index is 12.7. The molecule has 1 aliphatic rings. The summed E-state index contributed by atoms with van der Waals surface area (Å²) in [6.07, 6.45) is 0.527. The van der Waals surface area contributed by atoms with Crippen LogP contribution in [-0.2, 0) is 23.2 Å². The zero-order chi connectivity index (χ0) is 21.0. The molecule has 3 aromatic carbocycles. The minimum Gasteiger partial charge on any atom is -0.365 e. The number of hydrogen-bond acceptors (Lipinski definition) is 3. The number of nitrogens with zero attached hydrogens (tertiary/aromatic N) is 2. The van der Waals surface area contributed by atoms with Crippen molar-refractivity contribution in [1.82, 2.24) is 4.72 Å². The summed E-state index contributed by atoms with van der Waals surface area (Å²) in [7, 11) is -3.74. The fourth-order valence-corrected chi connectivity index (χ4v) is 4.85. The van der Waals surface area contributed by atoms with Crippen LogP contribution in [0.2, 0.25) is 0 Å². The summed E-state index contributed by atoms with van der Waals surface area (Å²) in [5.41, 5.74) is 4.22. The van der Waals surface area contributed by atoms with Gasteiger partial charge in [-0.05, 0) is 35.7 Å². The van der Waals surface area contributed by atoms with Gasteiger partial charge in [-0.2, -0.15) is 13.1 Å². The summed E-state index contributed by atoms with van der Waals surface area (Å²) in [5, 5.41) is 0. The average molecular weight is 419 g/mol. The molecular weight excluding hydrogens is 396 g/mol. The molecule has 0 aliphatic carbocycles. The van der Waals surface area contributed by atoms with Gasteiger partial charge in [0.25, 0.3) is 10.2 Å². The number of rotatable bonds is 6. The van der Waals surface area contributed by atoms with E-state index in [-0.39, 0.29) is 6.04 Å². The van der Waals surface area contributed by atoms with E-state index in [2.05, 4.69) is 31.3 Å². The molecule has 0 spiro atoms. The van der Waals surface area contributed by atoms with E-state index in [1.807, 2.05) is 42.5 Å². The van der Waals surface area contributed by atoms with Crippen LogP contribution in [0.15, 0.2) is 78.9 Å². The zero-order valence-corrected chi connectivity index (χ0v) is 17.1. The Balaban J connectivity index is 1.58. The van der Waals surface area contributed by atoms with Crippen molar-refractivity contribution in [3.05, 3.63) is 101 Å². The highest BCUT2D eigenvalue weighted by Gasteiger charge is 2.28.